The Hall–Kier alpha value is -1.13. The molecule has 0 aliphatic heterocycles. The van der Waals surface area contributed by atoms with Crippen LogP contribution in [-0.4, -0.2) is 29.8 Å². The van der Waals surface area contributed by atoms with Crippen LogP contribution < -0.4 is 10.4 Å². The van der Waals surface area contributed by atoms with Crippen molar-refractivity contribution in [2.75, 3.05) is 18.7 Å². The van der Waals surface area contributed by atoms with Crippen molar-refractivity contribution in [1.82, 2.24) is 10.3 Å². The molecule has 2 N–H and O–H groups in total. The minimum Gasteiger partial charge on any atom is -0.315 e. The van der Waals surface area contributed by atoms with Crippen molar-refractivity contribution in [3.05, 3.63) is 23.9 Å². The summed E-state index contributed by atoms with van der Waals surface area (Å²) in [6.07, 6.45) is 1.74. The Morgan fingerprint density at radius 1 is 1.57 bits per heavy atom. The Balaban J connectivity index is 2.60. The van der Waals surface area contributed by atoms with Crippen LogP contribution >= 0.6 is 0 Å². The third-order valence-electron chi connectivity index (χ3n) is 2.10. The highest BCUT2D eigenvalue weighted by Crippen LogP contribution is 2.08. The molecule has 1 aromatic rings. The largest absolute Gasteiger partial charge is 0.315 e. The lowest BCUT2D eigenvalue weighted by Gasteiger charge is -2.19. The third-order valence-corrected chi connectivity index (χ3v) is 2.10. The van der Waals surface area contributed by atoms with Gasteiger partial charge in [0, 0.05) is 12.2 Å². The van der Waals surface area contributed by atoms with Crippen LogP contribution in [0, 0.1) is 6.92 Å². The number of hydroxylamine groups is 1. The van der Waals surface area contributed by atoms with Gasteiger partial charge >= 0.3 is 0 Å². The van der Waals surface area contributed by atoms with Crippen molar-refractivity contribution < 1.29 is 5.21 Å². The van der Waals surface area contributed by atoms with Gasteiger partial charge in [-0.05, 0) is 32.5 Å². The Labute approximate surface area is 84.5 Å². The summed E-state index contributed by atoms with van der Waals surface area (Å²) in [7, 11) is 1.86. The second kappa shape index (κ2) is 4.93. The first-order valence-electron chi connectivity index (χ1n) is 4.70. The van der Waals surface area contributed by atoms with Crippen LogP contribution in [0.25, 0.3) is 0 Å². The summed E-state index contributed by atoms with van der Waals surface area (Å²) in [4.78, 5) is 4.11. The van der Waals surface area contributed by atoms with Gasteiger partial charge in [0.05, 0.1) is 6.54 Å². The maximum atomic E-state index is 9.64. The molecule has 14 heavy (non-hydrogen) atoms. The van der Waals surface area contributed by atoms with Crippen molar-refractivity contribution in [2.45, 2.75) is 19.9 Å². The van der Waals surface area contributed by atoms with Crippen LogP contribution in [0.3, 0.4) is 0 Å². The number of pyridine rings is 1. The first kappa shape index (κ1) is 10.9. The topological polar surface area (TPSA) is 48.4 Å². The zero-order valence-corrected chi connectivity index (χ0v) is 8.86. The molecule has 0 aromatic carbocycles. The van der Waals surface area contributed by atoms with E-state index in [1.54, 1.807) is 12.3 Å². The molecular weight excluding hydrogens is 178 g/mol. The molecule has 1 atom stereocenters. The predicted molar refractivity (Wildman–Crippen MR) is 56.6 cm³/mol. The van der Waals surface area contributed by atoms with Gasteiger partial charge in [-0.3, -0.25) is 5.21 Å². The lowest BCUT2D eigenvalue weighted by molar-refractivity contribution is 0.240. The molecular formula is C10H17N3O. The number of aryl methyl sites for hydroxylation is 1. The van der Waals surface area contributed by atoms with Gasteiger partial charge in [-0.25, -0.2) is 10.0 Å². The summed E-state index contributed by atoms with van der Waals surface area (Å²) in [5, 5.41) is 13.8. The van der Waals surface area contributed by atoms with Crippen molar-refractivity contribution in [2.24, 2.45) is 0 Å². The number of rotatable bonds is 4. The van der Waals surface area contributed by atoms with E-state index in [-0.39, 0.29) is 6.04 Å². The highest BCUT2D eigenvalue weighted by atomic mass is 16.5. The van der Waals surface area contributed by atoms with E-state index in [1.807, 2.05) is 27.0 Å². The lowest BCUT2D eigenvalue weighted by Crippen LogP contribution is -2.36. The van der Waals surface area contributed by atoms with E-state index >= 15 is 0 Å². The second-order valence-corrected chi connectivity index (χ2v) is 3.47. The van der Waals surface area contributed by atoms with E-state index in [1.165, 1.54) is 0 Å². The number of likely N-dealkylation sites (N-methyl/N-ethyl adjacent to an activating group) is 1. The summed E-state index contributed by atoms with van der Waals surface area (Å²) < 4.78 is 0. The smallest absolute Gasteiger partial charge is 0.152 e. The van der Waals surface area contributed by atoms with Crippen LogP contribution in [0.15, 0.2) is 18.3 Å². The van der Waals surface area contributed by atoms with E-state index in [0.717, 1.165) is 10.6 Å². The van der Waals surface area contributed by atoms with E-state index in [2.05, 4.69) is 10.3 Å². The Morgan fingerprint density at radius 2 is 2.29 bits per heavy atom. The van der Waals surface area contributed by atoms with Gasteiger partial charge in [0.25, 0.3) is 0 Å². The SMILES string of the molecule is CNC(C)CN(O)c1ccc(C)cn1. The van der Waals surface area contributed by atoms with Crippen LogP contribution in [0.2, 0.25) is 0 Å². The summed E-state index contributed by atoms with van der Waals surface area (Å²) in [5.74, 6) is 0.581. The van der Waals surface area contributed by atoms with Gasteiger partial charge in [0.15, 0.2) is 5.82 Å². The monoisotopic (exact) mass is 195 g/mol. The molecule has 0 saturated heterocycles. The Bertz CT molecular complexity index is 273. The maximum absolute atomic E-state index is 9.64. The molecule has 1 rings (SSSR count). The minimum absolute atomic E-state index is 0.225. The van der Waals surface area contributed by atoms with Gasteiger partial charge in [-0.1, -0.05) is 6.07 Å². The molecule has 0 radical (unpaired) electrons. The molecule has 4 nitrogen and oxygen atoms in total. The molecule has 1 heterocycles. The Morgan fingerprint density at radius 3 is 2.79 bits per heavy atom. The molecule has 0 saturated carbocycles. The van der Waals surface area contributed by atoms with Gasteiger partial charge in [0.2, 0.25) is 0 Å². The molecule has 0 aliphatic rings. The highest BCUT2D eigenvalue weighted by molar-refractivity contribution is 5.35. The van der Waals surface area contributed by atoms with Crippen LogP contribution in [0.1, 0.15) is 12.5 Å². The molecule has 0 bridgehead atoms. The fourth-order valence-corrected chi connectivity index (χ4v) is 1.06. The first-order valence-corrected chi connectivity index (χ1v) is 4.70. The summed E-state index contributed by atoms with van der Waals surface area (Å²) in [5.41, 5.74) is 1.09. The summed E-state index contributed by atoms with van der Waals surface area (Å²) >= 11 is 0. The zero-order chi connectivity index (χ0) is 10.6. The number of hydrogen-bond donors (Lipinski definition) is 2. The van der Waals surface area contributed by atoms with Crippen molar-refractivity contribution >= 4 is 5.82 Å². The van der Waals surface area contributed by atoms with Crippen molar-refractivity contribution in [3.63, 3.8) is 0 Å². The minimum atomic E-state index is 0.225. The predicted octanol–water partition coefficient (Wildman–Crippen LogP) is 1.19. The second-order valence-electron chi connectivity index (χ2n) is 3.47. The van der Waals surface area contributed by atoms with E-state index < -0.39 is 0 Å². The Kier molecular flexibility index (Phi) is 3.85. The standard InChI is InChI=1S/C10H17N3O/c1-8-4-5-10(12-6-8)13(14)7-9(2)11-3/h4-6,9,11,14H,7H2,1-3H3. The van der Waals surface area contributed by atoms with Crippen LogP contribution in [-0.2, 0) is 0 Å². The molecule has 0 amide bonds. The molecule has 0 aliphatic carbocycles. The normalized spacial score (nSPS) is 12.6. The molecule has 1 aromatic heterocycles. The average Bonchev–Trinajstić information content (AvgIpc) is 2.18. The summed E-state index contributed by atoms with van der Waals surface area (Å²) in [6.45, 7) is 4.48. The van der Waals surface area contributed by atoms with Crippen molar-refractivity contribution in [3.8, 4) is 0 Å². The fourth-order valence-electron chi connectivity index (χ4n) is 1.06. The van der Waals surface area contributed by atoms with Gasteiger partial charge in [-0.2, -0.15) is 0 Å². The summed E-state index contributed by atoms with van der Waals surface area (Å²) in [6, 6.07) is 3.95. The first-order chi connectivity index (χ1) is 6.63. The number of nitrogens with zero attached hydrogens (tertiary/aromatic N) is 2. The van der Waals surface area contributed by atoms with Crippen molar-refractivity contribution in [1.29, 1.82) is 0 Å². The van der Waals surface area contributed by atoms with Gasteiger partial charge in [-0.15, -0.1) is 0 Å². The van der Waals surface area contributed by atoms with E-state index in [0.29, 0.717) is 12.4 Å². The molecule has 0 fully saturated rings. The molecule has 1 unspecified atom stereocenters. The number of aromatic nitrogens is 1. The number of hydrogen-bond acceptors (Lipinski definition) is 4. The highest BCUT2D eigenvalue weighted by Gasteiger charge is 2.07. The van der Waals surface area contributed by atoms with Gasteiger partial charge < -0.3 is 5.32 Å². The lowest BCUT2D eigenvalue weighted by atomic mass is 10.3. The quantitative estimate of drug-likeness (QED) is 0.709. The van der Waals surface area contributed by atoms with Gasteiger partial charge in [0.1, 0.15) is 0 Å². The maximum Gasteiger partial charge on any atom is 0.152 e. The third kappa shape index (κ3) is 2.97. The molecule has 4 heteroatoms. The van der Waals surface area contributed by atoms with E-state index in [4.69, 9.17) is 0 Å². The van der Waals surface area contributed by atoms with E-state index in [9.17, 15) is 5.21 Å². The number of anilines is 1. The fraction of sp³-hybridized carbons (Fsp3) is 0.500. The number of nitrogens with one attached hydrogen (secondary N) is 1. The van der Waals surface area contributed by atoms with Crippen LogP contribution in [0.4, 0.5) is 5.82 Å². The molecule has 78 valence electrons. The zero-order valence-electron chi connectivity index (χ0n) is 8.86. The van der Waals surface area contributed by atoms with Crippen LogP contribution in [0.5, 0.6) is 0 Å². The average molecular weight is 195 g/mol. The molecule has 0 spiro atoms.